The highest BCUT2D eigenvalue weighted by Gasteiger charge is 2.18. The van der Waals surface area contributed by atoms with Crippen LogP contribution < -0.4 is 5.32 Å². The number of hydrogen-bond acceptors (Lipinski definition) is 3. The highest BCUT2D eigenvalue weighted by molar-refractivity contribution is 5.92. The van der Waals surface area contributed by atoms with Crippen LogP contribution in [0.1, 0.15) is 23.1 Å². The van der Waals surface area contributed by atoms with E-state index in [0.717, 1.165) is 44.8 Å². The van der Waals surface area contributed by atoms with Crippen LogP contribution in [0.2, 0.25) is 0 Å². The van der Waals surface area contributed by atoms with Crippen LogP contribution in [0.4, 0.5) is 5.69 Å². The van der Waals surface area contributed by atoms with Crippen LogP contribution in [0.25, 0.3) is 6.08 Å². The van der Waals surface area contributed by atoms with E-state index in [0.29, 0.717) is 6.54 Å². The molecule has 1 amide bonds. The SMILES string of the molecule is O=C(CN1CCN(CC=Cc2ccccc2)CC1)Nc1ccc2c(c1)CCC2. The number of anilines is 1. The van der Waals surface area contributed by atoms with E-state index in [1.807, 2.05) is 12.1 Å². The Labute approximate surface area is 167 Å². The van der Waals surface area contributed by atoms with Gasteiger partial charge in [-0.05, 0) is 48.1 Å². The first-order valence-electron chi connectivity index (χ1n) is 10.3. The van der Waals surface area contributed by atoms with Crippen molar-refractivity contribution in [2.45, 2.75) is 19.3 Å². The van der Waals surface area contributed by atoms with E-state index in [4.69, 9.17) is 0 Å². The highest BCUT2D eigenvalue weighted by Crippen LogP contribution is 2.24. The predicted octanol–water partition coefficient (Wildman–Crippen LogP) is 3.44. The summed E-state index contributed by atoms with van der Waals surface area (Å²) in [5.41, 5.74) is 5.02. The van der Waals surface area contributed by atoms with Gasteiger partial charge in [-0.25, -0.2) is 0 Å². The Morgan fingerprint density at radius 3 is 2.50 bits per heavy atom. The summed E-state index contributed by atoms with van der Waals surface area (Å²) < 4.78 is 0. The van der Waals surface area contributed by atoms with Gasteiger partial charge in [0.2, 0.25) is 5.91 Å². The van der Waals surface area contributed by atoms with E-state index in [-0.39, 0.29) is 5.91 Å². The third kappa shape index (κ3) is 5.09. The zero-order valence-electron chi connectivity index (χ0n) is 16.4. The van der Waals surface area contributed by atoms with Crippen molar-refractivity contribution in [2.24, 2.45) is 0 Å². The van der Waals surface area contributed by atoms with Crippen molar-refractivity contribution in [3.8, 4) is 0 Å². The molecule has 0 aromatic heterocycles. The van der Waals surface area contributed by atoms with Gasteiger partial charge in [0, 0.05) is 38.4 Å². The maximum Gasteiger partial charge on any atom is 0.238 e. The fourth-order valence-electron chi connectivity index (χ4n) is 4.09. The van der Waals surface area contributed by atoms with E-state index < -0.39 is 0 Å². The Hall–Kier alpha value is -2.43. The number of carbonyl (C=O) groups excluding carboxylic acids is 1. The van der Waals surface area contributed by atoms with Gasteiger partial charge in [0.05, 0.1) is 6.54 Å². The van der Waals surface area contributed by atoms with Crippen molar-refractivity contribution in [3.05, 3.63) is 71.3 Å². The van der Waals surface area contributed by atoms with Gasteiger partial charge in [-0.15, -0.1) is 0 Å². The summed E-state index contributed by atoms with van der Waals surface area (Å²) in [7, 11) is 0. The summed E-state index contributed by atoms with van der Waals surface area (Å²) in [6.07, 6.45) is 7.95. The molecule has 146 valence electrons. The van der Waals surface area contributed by atoms with Crippen molar-refractivity contribution in [2.75, 3.05) is 44.6 Å². The van der Waals surface area contributed by atoms with Crippen LogP contribution in [0, 0.1) is 0 Å². The Bertz CT molecular complexity index is 823. The molecule has 0 spiro atoms. The number of hydrogen-bond donors (Lipinski definition) is 1. The molecular formula is C24H29N3O. The first kappa shape index (κ1) is 18.9. The van der Waals surface area contributed by atoms with Crippen molar-refractivity contribution in [3.63, 3.8) is 0 Å². The van der Waals surface area contributed by atoms with Crippen LogP contribution in [-0.2, 0) is 17.6 Å². The van der Waals surface area contributed by atoms with Crippen molar-refractivity contribution >= 4 is 17.7 Å². The summed E-state index contributed by atoms with van der Waals surface area (Å²) >= 11 is 0. The molecule has 0 atom stereocenters. The normalized spacial score (nSPS) is 17.7. The quantitative estimate of drug-likeness (QED) is 0.840. The average molecular weight is 376 g/mol. The Morgan fingerprint density at radius 2 is 1.68 bits per heavy atom. The van der Waals surface area contributed by atoms with Gasteiger partial charge in [-0.3, -0.25) is 14.6 Å². The van der Waals surface area contributed by atoms with E-state index in [1.54, 1.807) is 0 Å². The molecule has 2 aromatic rings. The summed E-state index contributed by atoms with van der Waals surface area (Å²) in [5, 5.41) is 3.08. The van der Waals surface area contributed by atoms with Crippen molar-refractivity contribution < 1.29 is 4.79 Å². The second kappa shape index (κ2) is 9.18. The molecule has 0 bridgehead atoms. The van der Waals surface area contributed by atoms with Crippen LogP contribution in [0.5, 0.6) is 0 Å². The number of piperazine rings is 1. The van der Waals surface area contributed by atoms with E-state index in [9.17, 15) is 4.79 Å². The number of fused-ring (bicyclic) bond motifs is 1. The molecule has 0 unspecified atom stereocenters. The monoisotopic (exact) mass is 375 g/mol. The van der Waals surface area contributed by atoms with E-state index in [2.05, 4.69) is 63.7 Å². The maximum absolute atomic E-state index is 12.4. The summed E-state index contributed by atoms with van der Waals surface area (Å²) in [6, 6.07) is 16.8. The molecular weight excluding hydrogens is 346 g/mol. The van der Waals surface area contributed by atoms with Gasteiger partial charge < -0.3 is 5.32 Å². The fourth-order valence-corrected chi connectivity index (χ4v) is 4.09. The average Bonchev–Trinajstić information content (AvgIpc) is 3.18. The largest absolute Gasteiger partial charge is 0.325 e. The zero-order chi connectivity index (χ0) is 19.2. The van der Waals surface area contributed by atoms with Gasteiger partial charge in [-0.2, -0.15) is 0 Å². The Balaban J connectivity index is 1.19. The number of nitrogens with one attached hydrogen (secondary N) is 1. The number of aryl methyl sites for hydroxylation is 2. The first-order valence-corrected chi connectivity index (χ1v) is 10.3. The molecule has 28 heavy (non-hydrogen) atoms. The third-order valence-corrected chi connectivity index (χ3v) is 5.69. The first-order chi connectivity index (χ1) is 13.8. The lowest BCUT2D eigenvalue weighted by atomic mass is 10.1. The van der Waals surface area contributed by atoms with Gasteiger partial charge in [0.15, 0.2) is 0 Å². The number of nitrogens with zero attached hydrogens (tertiary/aromatic N) is 2. The molecule has 4 heteroatoms. The van der Waals surface area contributed by atoms with Crippen LogP contribution in [-0.4, -0.2) is 55.0 Å². The molecule has 1 fully saturated rings. The van der Waals surface area contributed by atoms with E-state index in [1.165, 1.54) is 29.5 Å². The van der Waals surface area contributed by atoms with Crippen LogP contribution in [0.15, 0.2) is 54.6 Å². The highest BCUT2D eigenvalue weighted by atomic mass is 16.2. The van der Waals surface area contributed by atoms with Crippen LogP contribution >= 0.6 is 0 Å². The number of rotatable bonds is 6. The Kier molecular flexibility index (Phi) is 6.20. The number of amides is 1. The molecule has 1 heterocycles. The van der Waals surface area contributed by atoms with Gasteiger partial charge in [0.25, 0.3) is 0 Å². The topological polar surface area (TPSA) is 35.6 Å². The van der Waals surface area contributed by atoms with Crippen LogP contribution in [0.3, 0.4) is 0 Å². The minimum absolute atomic E-state index is 0.0929. The molecule has 2 aromatic carbocycles. The molecule has 0 saturated carbocycles. The summed E-state index contributed by atoms with van der Waals surface area (Å²) in [4.78, 5) is 17.1. The minimum atomic E-state index is 0.0929. The molecule has 2 aliphatic rings. The van der Waals surface area contributed by atoms with E-state index >= 15 is 0 Å². The van der Waals surface area contributed by atoms with Gasteiger partial charge >= 0.3 is 0 Å². The lowest BCUT2D eigenvalue weighted by molar-refractivity contribution is -0.117. The standard InChI is InChI=1S/C24H29N3O/c28-24(25-23-12-11-21-9-4-10-22(21)18-23)19-27-16-14-26(15-17-27)13-5-8-20-6-2-1-3-7-20/h1-3,5-8,11-12,18H,4,9-10,13-17,19H2,(H,25,28). The summed E-state index contributed by atoms with van der Waals surface area (Å²) in [6.45, 7) is 5.33. The Morgan fingerprint density at radius 1 is 0.929 bits per heavy atom. The second-order valence-corrected chi connectivity index (χ2v) is 7.78. The molecule has 4 nitrogen and oxygen atoms in total. The molecule has 1 aliphatic carbocycles. The fraction of sp³-hybridized carbons (Fsp3) is 0.375. The zero-order valence-corrected chi connectivity index (χ0v) is 16.4. The molecule has 1 saturated heterocycles. The summed E-state index contributed by atoms with van der Waals surface area (Å²) in [5.74, 6) is 0.0929. The van der Waals surface area contributed by atoms with Crippen molar-refractivity contribution in [1.29, 1.82) is 0 Å². The smallest absolute Gasteiger partial charge is 0.238 e. The lowest BCUT2D eigenvalue weighted by Crippen LogP contribution is -2.48. The van der Waals surface area contributed by atoms with Crippen molar-refractivity contribution in [1.82, 2.24) is 9.80 Å². The lowest BCUT2D eigenvalue weighted by Gasteiger charge is -2.33. The second-order valence-electron chi connectivity index (χ2n) is 7.78. The maximum atomic E-state index is 12.4. The predicted molar refractivity (Wildman–Crippen MR) is 115 cm³/mol. The van der Waals surface area contributed by atoms with Gasteiger partial charge in [-0.1, -0.05) is 48.6 Å². The molecule has 1 aliphatic heterocycles. The molecule has 4 rings (SSSR count). The molecule has 0 radical (unpaired) electrons. The minimum Gasteiger partial charge on any atom is -0.325 e. The number of benzene rings is 2. The number of carbonyl (C=O) groups is 1. The third-order valence-electron chi connectivity index (χ3n) is 5.69. The molecule has 1 N–H and O–H groups in total. The van der Waals surface area contributed by atoms with Gasteiger partial charge in [0.1, 0.15) is 0 Å².